The maximum absolute atomic E-state index is 12.4. The predicted octanol–water partition coefficient (Wildman–Crippen LogP) is -0.756. The van der Waals surface area contributed by atoms with Gasteiger partial charge in [0.05, 0.1) is 15.8 Å². The first-order valence-corrected chi connectivity index (χ1v) is 9.13. The van der Waals surface area contributed by atoms with Gasteiger partial charge in [0.2, 0.25) is 10.0 Å². The van der Waals surface area contributed by atoms with Crippen LogP contribution in [0.3, 0.4) is 0 Å². The Balaban J connectivity index is 0.00000169. The lowest BCUT2D eigenvalue weighted by Gasteiger charge is -2.27. The molecule has 4 N–H and O–H groups in total. The number of nitrogens with zero attached hydrogens (tertiary/aromatic N) is 1. The fourth-order valence-electron chi connectivity index (χ4n) is 2.67. The van der Waals surface area contributed by atoms with Crippen LogP contribution in [0.5, 0.6) is 0 Å². The van der Waals surface area contributed by atoms with E-state index in [0.29, 0.717) is 18.6 Å². The van der Waals surface area contributed by atoms with Crippen molar-refractivity contribution in [1.82, 2.24) is 24.9 Å². The number of fused-ring (bicyclic) bond motifs is 1. The Morgan fingerprint density at radius 3 is 2.46 bits per heavy atom. The van der Waals surface area contributed by atoms with Crippen LogP contribution in [0.2, 0.25) is 0 Å². The molecule has 0 amide bonds. The number of halogens is 2. The molecule has 0 atom stereocenters. The second-order valence-electron chi connectivity index (χ2n) is 5.61. The number of H-pyrrole nitrogens is 2. The summed E-state index contributed by atoms with van der Waals surface area (Å²) in [5.41, 5.74) is -0.951. The lowest BCUT2D eigenvalue weighted by Crippen LogP contribution is -2.46. The molecule has 2 aromatic rings. The summed E-state index contributed by atoms with van der Waals surface area (Å²) in [5.74, 6) is 0. The third-order valence-electron chi connectivity index (χ3n) is 3.95. The van der Waals surface area contributed by atoms with Crippen molar-refractivity contribution in [3.05, 3.63) is 39.0 Å². The predicted molar refractivity (Wildman–Crippen MR) is 104 cm³/mol. The van der Waals surface area contributed by atoms with Crippen LogP contribution in [-0.4, -0.2) is 62.6 Å². The molecule has 1 saturated heterocycles. The van der Waals surface area contributed by atoms with Crippen LogP contribution in [0, 0.1) is 0 Å². The molecule has 1 aromatic heterocycles. The minimum atomic E-state index is -3.72. The minimum Gasteiger partial charge on any atom is -0.314 e. The molecule has 0 aliphatic carbocycles. The van der Waals surface area contributed by atoms with Gasteiger partial charge in [0.15, 0.2) is 0 Å². The second-order valence-corrected chi connectivity index (χ2v) is 7.37. The van der Waals surface area contributed by atoms with Gasteiger partial charge in [0.1, 0.15) is 0 Å². The van der Waals surface area contributed by atoms with E-state index in [1.54, 1.807) is 0 Å². The molecule has 0 radical (unpaired) electrons. The van der Waals surface area contributed by atoms with E-state index in [1.807, 2.05) is 0 Å². The fraction of sp³-hybridized carbons (Fsp3) is 0.429. The number of sulfonamides is 1. The highest BCUT2D eigenvalue weighted by Gasteiger charge is 2.16. The molecule has 1 fully saturated rings. The third kappa shape index (κ3) is 5.29. The van der Waals surface area contributed by atoms with E-state index in [1.165, 1.54) is 18.2 Å². The van der Waals surface area contributed by atoms with Crippen molar-refractivity contribution in [3.8, 4) is 0 Å². The topological polar surface area (TPSA) is 127 Å². The summed E-state index contributed by atoms with van der Waals surface area (Å²) < 4.78 is 27.3. The van der Waals surface area contributed by atoms with Gasteiger partial charge in [-0.15, -0.1) is 24.8 Å². The molecule has 0 unspecified atom stereocenters. The summed E-state index contributed by atoms with van der Waals surface area (Å²) in [6.07, 6.45) is 0. The Morgan fingerprint density at radius 2 is 1.77 bits per heavy atom. The number of benzene rings is 1. The lowest BCUT2D eigenvalue weighted by molar-refractivity contribution is 0.245. The minimum absolute atomic E-state index is 0. The molecule has 2 heterocycles. The zero-order valence-electron chi connectivity index (χ0n) is 13.8. The summed E-state index contributed by atoms with van der Waals surface area (Å²) in [6.45, 7) is 4.50. The molecule has 1 aliphatic heterocycles. The van der Waals surface area contributed by atoms with Crippen LogP contribution in [0.15, 0.2) is 32.7 Å². The molecule has 9 nitrogen and oxygen atoms in total. The van der Waals surface area contributed by atoms with E-state index < -0.39 is 21.3 Å². The number of hydrogen-bond acceptors (Lipinski definition) is 6. The molecule has 26 heavy (non-hydrogen) atoms. The van der Waals surface area contributed by atoms with E-state index in [4.69, 9.17) is 0 Å². The summed E-state index contributed by atoms with van der Waals surface area (Å²) in [6, 6.07) is 4.04. The molecule has 0 bridgehead atoms. The zero-order chi connectivity index (χ0) is 17.2. The Labute approximate surface area is 162 Å². The van der Waals surface area contributed by atoms with Crippen molar-refractivity contribution < 1.29 is 8.42 Å². The van der Waals surface area contributed by atoms with Gasteiger partial charge in [0.25, 0.3) is 5.56 Å². The monoisotopic (exact) mass is 425 g/mol. The first-order valence-electron chi connectivity index (χ1n) is 7.65. The Bertz CT molecular complexity index is 954. The van der Waals surface area contributed by atoms with Crippen molar-refractivity contribution in [2.24, 2.45) is 0 Å². The van der Waals surface area contributed by atoms with Crippen LogP contribution in [0.1, 0.15) is 0 Å². The second kappa shape index (κ2) is 9.49. The normalized spacial score (nSPS) is 15.2. The maximum atomic E-state index is 12.4. The number of hydrogen-bond donors (Lipinski definition) is 4. The van der Waals surface area contributed by atoms with E-state index in [0.717, 1.165) is 26.2 Å². The zero-order valence-corrected chi connectivity index (χ0v) is 16.2. The van der Waals surface area contributed by atoms with Crippen LogP contribution in [0.4, 0.5) is 0 Å². The Kier molecular flexibility index (Phi) is 8.25. The number of nitrogens with one attached hydrogen (secondary N) is 4. The summed E-state index contributed by atoms with van der Waals surface area (Å²) in [5, 5.41) is 3.36. The average Bonchev–Trinajstić information content (AvgIpc) is 2.55. The van der Waals surface area contributed by atoms with Gasteiger partial charge in [-0.25, -0.2) is 17.9 Å². The van der Waals surface area contributed by atoms with Crippen LogP contribution in [-0.2, 0) is 10.0 Å². The van der Waals surface area contributed by atoms with Crippen molar-refractivity contribution in [2.45, 2.75) is 4.90 Å². The van der Waals surface area contributed by atoms with Crippen LogP contribution in [0.25, 0.3) is 10.9 Å². The van der Waals surface area contributed by atoms with Gasteiger partial charge in [-0.3, -0.25) is 14.7 Å². The highest BCUT2D eigenvalue weighted by molar-refractivity contribution is 7.89. The van der Waals surface area contributed by atoms with Gasteiger partial charge in [0, 0.05) is 39.3 Å². The molecular formula is C14H21Cl2N5O4S. The molecule has 0 spiro atoms. The van der Waals surface area contributed by atoms with E-state index >= 15 is 0 Å². The van der Waals surface area contributed by atoms with Crippen LogP contribution < -0.4 is 21.3 Å². The number of aromatic amines is 2. The summed E-state index contributed by atoms with van der Waals surface area (Å²) in [7, 11) is -3.72. The quantitative estimate of drug-likeness (QED) is 0.498. The molecule has 146 valence electrons. The number of piperazine rings is 1. The number of rotatable bonds is 5. The van der Waals surface area contributed by atoms with E-state index in [2.05, 4.69) is 24.9 Å². The Morgan fingerprint density at radius 1 is 1.08 bits per heavy atom. The Hall–Kier alpha value is -1.43. The SMILES string of the molecule is Cl.Cl.O=c1[nH]c(=O)c2cc(S(=O)(=O)NCCN3CCNCC3)ccc2[nH]1. The van der Waals surface area contributed by atoms with E-state index in [-0.39, 0.29) is 35.1 Å². The van der Waals surface area contributed by atoms with Crippen molar-refractivity contribution in [2.75, 3.05) is 39.3 Å². The largest absolute Gasteiger partial charge is 0.326 e. The number of aromatic nitrogens is 2. The van der Waals surface area contributed by atoms with Gasteiger partial charge >= 0.3 is 5.69 Å². The molecule has 12 heteroatoms. The highest BCUT2D eigenvalue weighted by atomic mass is 35.5. The molecular weight excluding hydrogens is 405 g/mol. The smallest absolute Gasteiger partial charge is 0.314 e. The van der Waals surface area contributed by atoms with Crippen molar-refractivity contribution >= 4 is 45.7 Å². The van der Waals surface area contributed by atoms with Gasteiger partial charge in [-0.2, -0.15) is 0 Å². The third-order valence-corrected chi connectivity index (χ3v) is 5.41. The summed E-state index contributed by atoms with van der Waals surface area (Å²) >= 11 is 0. The van der Waals surface area contributed by atoms with Crippen molar-refractivity contribution in [1.29, 1.82) is 0 Å². The first kappa shape index (κ1) is 22.6. The summed E-state index contributed by atoms with van der Waals surface area (Å²) in [4.78, 5) is 29.7. The van der Waals surface area contributed by atoms with E-state index in [9.17, 15) is 18.0 Å². The van der Waals surface area contributed by atoms with Gasteiger partial charge in [-0.1, -0.05) is 0 Å². The maximum Gasteiger partial charge on any atom is 0.326 e. The van der Waals surface area contributed by atoms with Gasteiger partial charge < -0.3 is 10.3 Å². The van der Waals surface area contributed by atoms with Crippen LogP contribution >= 0.6 is 24.8 Å². The van der Waals surface area contributed by atoms with Gasteiger partial charge in [-0.05, 0) is 18.2 Å². The molecule has 0 saturated carbocycles. The molecule has 3 rings (SSSR count). The molecule has 1 aromatic carbocycles. The first-order chi connectivity index (χ1) is 11.5. The highest BCUT2D eigenvalue weighted by Crippen LogP contribution is 2.13. The van der Waals surface area contributed by atoms with Crippen molar-refractivity contribution in [3.63, 3.8) is 0 Å². The average molecular weight is 426 g/mol. The molecule has 1 aliphatic rings. The fourth-order valence-corrected chi connectivity index (χ4v) is 3.71. The lowest BCUT2D eigenvalue weighted by atomic mass is 10.2. The standard InChI is InChI=1S/C14H19N5O4S.2ClH/c20-13-11-9-10(1-2-12(11)17-14(21)18-13)24(22,23)16-5-8-19-6-3-15-4-7-19;;/h1-2,9,15-16H,3-8H2,(H2,17,18,20,21);2*1H.